The van der Waals surface area contributed by atoms with Crippen LogP contribution in [0.25, 0.3) is 11.6 Å². The molecule has 0 amide bonds. The highest BCUT2D eigenvalue weighted by Crippen LogP contribution is 2.11. The number of allylic oxidation sites excluding steroid dienone is 1. The van der Waals surface area contributed by atoms with Crippen molar-refractivity contribution in [3.63, 3.8) is 0 Å². The van der Waals surface area contributed by atoms with E-state index in [1.54, 1.807) is 0 Å². The van der Waals surface area contributed by atoms with E-state index in [1.165, 1.54) is 40.1 Å². The van der Waals surface area contributed by atoms with Crippen molar-refractivity contribution in [3.8, 4) is 0 Å². The van der Waals surface area contributed by atoms with Crippen LogP contribution >= 0.6 is 0 Å². The maximum Gasteiger partial charge on any atom is 0.0484 e. The van der Waals surface area contributed by atoms with Crippen LogP contribution in [0.1, 0.15) is 38.2 Å². The monoisotopic (exact) mass is 223 g/mol. The largest absolute Gasteiger partial charge is 0.261 e. The maximum absolute atomic E-state index is 4.54. The molecule has 0 saturated carbocycles. The van der Waals surface area contributed by atoms with Crippen LogP contribution in [0.2, 0.25) is 0 Å². The fourth-order valence-electron chi connectivity index (χ4n) is 2.68. The summed E-state index contributed by atoms with van der Waals surface area (Å²) < 4.78 is 0. The molecule has 0 atom stereocenters. The van der Waals surface area contributed by atoms with Crippen molar-refractivity contribution >= 4 is 17.4 Å². The summed E-state index contributed by atoms with van der Waals surface area (Å²) in [6.45, 7) is 2.25. The Morgan fingerprint density at radius 2 is 2.06 bits per heavy atom. The van der Waals surface area contributed by atoms with Gasteiger partial charge in [0.05, 0.1) is 0 Å². The van der Waals surface area contributed by atoms with Crippen LogP contribution < -0.4 is 10.4 Å². The molecule has 1 aromatic carbocycles. The van der Waals surface area contributed by atoms with E-state index >= 15 is 0 Å². The molecular weight excluding hydrogens is 206 g/mol. The molecule has 2 aliphatic rings. The lowest BCUT2D eigenvalue weighted by atomic mass is 9.94. The van der Waals surface area contributed by atoms with Gasteiger partial charge in [-0.1, -0.05) is 35.9 Å². The molecule has 0 saturated heterocycles. The highest BCUT2D eigenvalue weighted by Gasteiger charge is 2.09. The Hall–Kier alpha value is -1.63. The van der Waals surface area contributed by atoms with Crippen molar-refractivity contribution in [2.24, 2.45) is 4.99 Å². The average Bonchev–Trinajstić information content (AvgIpc) is 2.40. The lowest BCUT2D eigenvalue weighted by Gasteiger charge is -2.13. The van der Waals surface area contributed by atoms with Crippen LogP contribution in [-0.2, 0) is 0 Å². The fraction of sp³-hybridized carbons (Fsp3) is 0.312. The minimum atomic E-state index is 1.07. The summed E-state index contributed by atoms with van der Waals surface area (Å²) in [5, 5.41) is 2.83. The predicted octanol–water partition coefficient (Wildman–Crippen LogP) is 2.53. The predicted molar refractivity (Wildman–Crippen MR) is 73.4 cm³/mol. The third-order valence-corrected chi connectivity index (χ3v) is 3.63. The first-order chi connectivity index (χ1) is 8.36. The molecule has 1 aromatic rings. The molecule has 0 spiro atoms. The zero-order valence-corrected chi connectivity index (χ0v) is 10.2. The standard InChI is InChI=1S/C16H17N/c1-12-6-4-8-14-13(12)7-5-9-15(14)16-10-2-3-11-17-16/h3,5,7-9,11H,2,4,6,10H2,1H3. The van der Waals surface area contributed by atoms with Gasteiger partial charge in [-0.05, 0) is 43.0 Å². The molecular formula is C16H17N. The number of nitrogens with zero attached hydrogens (tertiary/aromatic N) is 1. The molecule has 1 nitrogen and oxygen atoms in total. The summed E-state index contributed by atoms with van der Waals surface area (Å²) in [5.74, 6) is 0. The van der Waals surface area contributed by atoms with Crippen molar-refractivity contribution in [1.82, 2.24) is 0 Å². The quantitative estimate of drug-likeness (QED) is 0.694. The van der Waals surface area contributed by atoms with Gasteiger partial charge in [0.15, 0.2) is 0 Å². The molecule has 0 fully saturated rings. The number of rotatable bonds is 1. The third-order valence-electron chi connectivity index (χ3n) is 3.63. The van der Waals surface area contributed by atoms with Crippen molar-refractivity contribution < 1.29 is 0 Å². The van der Waals surface area contributed by atoms with Crippen molar-refractivity contribution in [2.75, 3.05) is 0 Å². The first-order valence-electron chi connectivity index (χ1n) is 6.37. The zero-order valence-electron chi connectivity index (χ0n) is 10.2. The molecule has 0 aromatic heterocycles. The summed E-state index contributed by atoms with van der Waals surface area (Å²) in [7, 11) is 0. The summed E-state index contributed by atoms with van der Waals surface area (Å²) >= 11 is 0. The van der Waals surface area contributed by atoms with E-state index in [9.17, 15) is 0 Å². The van der Waals surface area contributed by atoms with Crippen LogP contribution in [0, 0.1) is 0 Å². The highest BCUT2D eigenvalue weighted by molar-refractivity contribution is 6.01. The molecule has 17 heavy (non-hydrogen) atoms. The second-order valence-electron chi connectivity index (χ2n) is 4.79. The Morgan fingerprint density at radius 3 is 2.88 bits per heavy atom. The first-order valence-corrected chi connectivity index (χ1v) is 6.37. The molecule has 0 bridgehead atoms. The van der Waals surface area contributed by atoms with Gasteiger partial charge in [0.25, 0.3) is 0 Å². The van der Waals surface area contributed by atoms with Gasteiger partial charge in [-0.25, -0.2) is 0 Å². The van der Waals surface area contributed by atoms with Gasteiger partial charge in [0.2, 0.25) is 0 Å². The van der Waals surface area contributed by atoms with Crippen LogP contribution in [0.5, 0.6) is 0 Å². The number of fused-ring (bicyclic) bond motifs is 1. The van der Waals surface area contributed by atoms with E-state index in [4.69, 9.17) is 0 Å². The van der Waals surface area contributed by atoms with Gasteiger partial charge >= 0.3 is 0 Å². The fourth-order valence-corrected chi connectivity index (χ4v) is 2.68. The van der Waals surface area contributed by atoms with Crippen LogP contribution in [0.3, 0.4) is 0 Å². The van der Waals surface area contributed by atoms with Gasteiger partial charge < -0.3 is 0 Å². The lowest BCUT2D eigenvalue weighted by Crippen LogP contribution is -2.34. The Morgan fingerprint density at radius 1 is 1.12 bits per heavy atom. The van der Waals surface area contributed by atoms with Gasteiger partial charge in [-0.2, -0.15) is 0 Å². The molecule has 1 aliphatic carbocycles. The van der Waals surface area contributed by atoms with Gasteiger partial charge in [0, 0.05) is 17.5 Å². The Balaban J connectivity index is 2.27. The summed E-state index contributed by atoms with van der Waals surface area (Å²) in [6, 6.07) is 6.62. The van der Waals surface area contributed by atoms with Crippen molar-refractivity contribution in [3.05, 3.63) is 46.5 Å². The molecule has 1 aliphatic heterocycles. The number of benzene rings is 1. The Labute approximate surface area is 102 Å². The second kappa shape index (κ2) is 4.33. The number of hydrogen-bond donors (Lipinski definition) is 0. The molecule has 0 radical (unpaired) electrons. The summed E-state index contributed by atoms with van der Waals surface area (Å²) in [4.78, 5) is 4.54. The topological polar surface area (TPSA) is 12.4 Å². The van der Waals surface area contributed by atoms with Gasteiger partial charge in [0.1, 0.15) is 0 Å². The smallest absolute Gasteiger partial charge is 0.0484 e. The number of aliphatic imine (C=N–C) groups is 1. The Kier molecular flexibility index (Phi) is 2.68. The van der Waals surface area contributed by atoms with E-state index in [1.807, 2.05) is 6.20 Å². The molecule has 1 heteroatoms. The minimum absolute atomic E-state index is 1.07. The van der Waals surface area contributed by atoms with Gasteiger partial charge in [-0.15, -0.1) is 0 Å². The van der Waals surface area contributed by atoms with Crippen molar-refractivity contribution in [2.45, 2.75) is 32.6 Å². The van der Waals surface area contributed by atoms with E-state index in [0.29, 0.717) is 0 Å². The summed E-state index contributed by atoms with van der Waals surface area (Å²) in [5.41, 5.74) is 4.09. The molecule has 1 heterocycles. The van der Waals surface area contributed by atoms with E-state index in [2.05, 4.69) is 42.3 Å². The molecule has 3 rings (SSSR count). The maximum atomic E-state index is 4.54. The average molecular weight is 223 g/mol. The number of hydrogen-bond acceptors (Lipinski definition) is 1. The minimum Gasteiger partial charge on any atom is -0.261 e. The molecule has 0 unspecified atom stereocenters. The highest BCUT2D eigenvalue weighted by atomic mass is 14.7. The van der Waals surface area contributed by atoms with Crippen LogP contribution in [0.15, 0.2) is 35.5 Å². The van der Waals surface area contributed by atoms with E-state index in [0.717, 1.165) is 12.8 Å². The third kappa shape index (κ3) is 1.86. The van der Waals surface area contributed by atoms with Crippen LogP contribution in [0.4, 0.5) is 0 Å². The van der Waals surface area contributed by atoms with Crippen molar-refractivity contribution in [1.29, 1.82) is 0 Å². The molecule has 0 N–H and O–H groups in total. The van der Waals surface area contributed by atoms with E-state index in [-0.39, 0.29) is 0 Å². The summed E-state index contributed by atoms with van der Waals surface area (Å²) in [6.07, 6.45) is 11.0. The SMILES string of the molecule is CC1=c2cccc(C3=NC=CCC3)c2=CCC1. The molecule has 86 valence electrons. The van der Waals surface area contributed by atoms with Crippen LogP contribution in [-0.4, -0.2) is 5.71 Å². The Bertz CT molecular complexity index is 617. The zero-order chi connectivity index (χ0) is 11.7. The van der Waals surface area contributed by atoms with Gasteiger partial charge in [-0.3, -0.25) is 4.99 Å². The first kappa shape index (κ1) is 10.5. The van der Waals surface area contributed by atoms with E-state index < -0.39 is 0 Å². The normalized spacial score (nSPS) is 18.4. The second-order valence-corrected chi connectivity index (χ2v) is 4.79. The lowest BCUT2D eigenvalue weighted by molar-refractivity contribution is 1.04.